The molecule has 0 N–H and O–H groups in total. The van der Waals surface area contributed by atoms with Crippen LogP contribution >= 0.6 is 0 Å². The van der Waals surface area contributed by atoms with Gasteiger partial charge in [0.1, 0.15) is 0 Å². The van der Waals surface area contributed by atoms with Crippen LogP contribution in [0.1, 0.15) is 59.8 Å². The van der Waals surface area contributed by atoms with Crippen molar-refractivity contribution in [3.05, 3.63) is 59.3 Å². The third kappa shape index (κ3) is 6.80. The molecular formula is C23H34O2. The van der Waals surface area contributed by atoms with Gasteiger partial charge in [0.05, 0.1) is 6.61 Å². The number of allylic oxidation sites excluding steroid dienone is 9. The van der Waals surface area contributed by atoms with E-state index in [1.807, 2.05) is 0 Å². The van der Waals surface area contributed by atoms with Gasteiger partial charge in [-0.25, -0.2) is 0 Å². The summed E-state index contributed by atoms with van der Waals surface area (Å²) in [6, 6.07) is 0. The molecule has 1 aliphatic carbocycles. The molecule has 0 amide bonds. The van der Waals surface area contributed by atoms with Gasteiger partial charge in [0.25, 0.3) is 0 Å². The molecule has 0 aromatic heterocycles. The fourth-order valence-corrected chi connectivity index (χ4v) is 3.53. The van der Waals surface area contributed by atoms with Gasteiger partial charge in [-0.2, -0.15) is 0 Å². The van der Waals surface area contributed by atoms with E-state index in [2.05, 4.69) is 70.2 Å². The number of rotatable bonds is 7. The molecule has 2 nitrogen and oxygen atoms in total. The molecule has 0 spiro atoms. The fourth-order valence-electron chi connectivity index (χ4n) is 3.53. The van der Waals surface area contributed by atoms with Gasteiger partial charge in [-0.15, -0.1) is 0 Å². The van der Waals surface area contributed by atoms with E-state index in [9.17, 15) is 0 Å². The van der Waals surface area contributed by atoms with Gasteiger partial charge in [0.2, 0.25) is 0 Å². The third-order valence-corrected chi connectivity index (χ3v) is 5.07. The minimum Gasteiger partial charge on any atom is -0.353 e. The van der Waals surface area contributed by atoms with Crippen LogP contribution in [0.3, 0.4) is 0 Å². The Balaban J connectivity index is 1.76. The summed E-state index contributed by atoms with van der Waals surface area (Å²) in [4.78, 5) is 0. The molecule has 0 bridgehead atoms. The van der Waals surface area contributed by atoms with Crippen LogP contribution in [-0.2, 0) is 9.47 Å². The first-order valence-electron chi connectivity index (χ1n) is 9.61. The fraction of sp³-hybridized carbons (Fsp3) is 0.565. The normalized spacial score (nSPS) is 25.1. The van der Waals surface area contributed by atoms with Crippen molar-refractivity contribution in [1.29, 1.82) is 0 Å². The van der Waals surface area contributed by atoms with Crippen molar-refractivity contribution >= 4 is 0 Å². The first-order valence-corrected chi connectivity index (χ1v) is 9.61. The summed E-state index contributed by atoms with van der Waals surface area (Å²) in [5, 5.41) is 0. The Hall–Kier alpha value is -1.38. The van der Waals surface area contributed by atoms with E-state index in [-0.39, 0.29) is 6.29 Å². The molecule has 1 unspecified atom stereocenters. The zero-order chi connectivity index (χ0) is 18.1. The van der Waals surface area contributed by atoms with E-state index in [0.717, 1.165) is 19.4 Å². The molecule has 2 aliphatic rings. The minimum atomic E-state index is -0.000128. The molecule has 0 aromatic carbocycles. The summed E-state index contributed by atoms with van der Waals surface area (Å²) >= 11 is 0. The molecule has 138 valence electrons. The Morgan fingerprint density at radius 3 is 2.72 bits per heavy atom. The number of ether oxygens (including phenoxy) is 2. The standard InChI is InChI=1S/C23H34O2/c1-19(15-18-25-22-14-10-17-24-22)11-7-5-6-8-13-21-20(2)12-9-16-23(21,3)4/h5-8,11,13,15,22H,9-10,12,14,16-18H2,1-4H3/b6-5+,11-7+,13-8+,19-15+. The molecule has 2 heteroatoms. The van der Waals surface area contributed by atoms with Crippen LogP contribution in [0.15, 0.2) is 59.3 Å². The van der Waals surface area contributed by atoms with Crippen LogP contribution in [0.25, 0.3) is 0 Å². The van der Waals surface area contributed by atoms with Crippen molar-refractivity contribution < 1.29 is 9.47 Å². The van der Waals surface area contributed by atoms with Crippen LogP contribution in [0.4, 0.5) is 0 Å². The molecule has 1 heterocycles. The quantitative estimate of drug-likeness (QED) is 0.507. The van der Waals surface area contributed by atoms with E-state index in [1.165, 1.54) is 30.4 Å². The largest absolute Gasteiger partial charge is 0.353 e. The second kappa shape index (κ2) is 9.94. The van der Waals surface area contributed by atoms with E-state index >= 15 is 0 Å². The summed E-state index contributed by atoms with van der Waals surface area (Å²) in [6.45, 7) is 10.5. The lowest BCUT2D eigenvalue weighted by Gasteiger charge is -2.32. The second-order valence-corrected chi connectivity index (χ2v) is 7.76. The molecule has 0 aromatic rings. The molecule has 0 saturated carbocycles. The van der Waals surface area contributed by atoms with Crippen LogP contribution in [0, 0.1) is 5.41 Å². The first-order chi connectivity index (χ1) is 12.0. The van der Waals surface area contributed by atoms with Gasteiger partial charge >= 0.3 is 0 Å². The Morgan fingerprint density at radius 2 is 2.00 bits per heavy atom. The average molecular weight is 343 g/mol. The molecule has 1 atom stereocenters. The van der Waals surface area contributed by atoms with E-state index in [4.69, 9.17) is 9.47 Å². The summed E-state index contributed by atoms with van der Waals surface area (Å²) in [5.41, 5.74) is 4.57. The maximum atomic E-state index is 5.65. The highest BCUT2D eigenvalue weighted by Gasteiger charge is 2.26. The monoisotopic (exact) mass is 342 g/mol. The van der Waals surface area contributed by atoms with Crippen LogP contribution in [-0.4, -0.2) is 19.5 Å². The Labute approximate surface area is 154 Å². The number of hydrogen-bond acceptors (Lipinski definition) is 2. The van der Waals surface area contributed by atoms with Gasteiger partial charge in [-0.1, -0.05) is 67.5 Å². The molecule has 1 saturated heterocycles. The van der Waals surface area contributed by atoms with Gasteiger partial charge < -0.3 is 9.47 Å². The van der Waals surface area contributed by atoms with Crippen molar-refractivity contribution in [2.75, 3.05) is 13.2 Å². The SMILES string of the molecule is CC1=C(/C=C/C=C/C=C/C(C)=C/COC2CCCO2)C(C)(C)CCC1. The van der Waals surface area contributed by atoms with Crippen molar-refractivity contribution in [1.82, 2.24) is 0 Å². The third-order valence-electron chi connectivity index (χ3n) is 5.07. The Kier molecular flexibility index (Phi) is 7.92. The Bertz CT molecular complexity index is 567. The smallest absolute Gasteiger partial charge is 0.158 e. The maximum Gasteiger partial charge on any atom is 0.158 e. The molecule has 2 rings (SSSR count). The van der Waals surface area contributed by atoms with Crippen molar-refractivity contribution in [2.45, 2.75) is 66.1 Å². The van der Waals surface area contributed by atoms with Gasteiger partial charge in [0, 0.05) is 13.0 Å². The number of hydrogen-bond donors (Lipinski definition) is 0. The molecule has 1 fully saturated rings. The van der Waals surface area contributed by atoms with Crippen molar-refractivity contribution in [2.24, 2.45) is 5.41 Å². The highest BCUT2D eigenvalue weighted by atomic mass is 16.7. The van der Waals surface area contributed by atoms with Crippen LogP contribution in [0.5, 0.6) is 0 Å². The highest BCUT2D eigenvalue weighted by molar-refractivity contribution is 5.34. The van der Waals surface area contributed by atoms with Crippen molar-refractivity contribution in [3.8, 4) is 0 Å². The summed E-state index contributed by atoms with van der Waals surface area (Å²) in [5.74, 6) is 0. The molecule has 25 heavy (non-hydrogen) atoms. The minimum absolute atomic E-state index is 0.000128. The Morgan fingerprint density at radius 1 is 1.20 bits per heavy atom. The lowest BCUT2D eigenvalue weighted by atomic mass is 9.73. The van der Waals surface area contributed by atoms with E-state index < -0.39 is 0 Å². The second-order valence-electron chi connectivity index (χ2n) is 7.76. The predicted octanol–water partition coefficient (Wildman–Crippen LogP) is 6.28. The summed E-state index contributed by atoms with van der Waals surface area (Å²) in [6.07, 6.45) is 20.9. The average Bonchev–Trinajstić information content (AvgIpc) is 3.06. The zero-order valence-corrected chi connectivity index (χ0v) is 16.4. The van der Waals surface area contributed by atoms with Crippen LogP contribution in [0.2, 0.25) is 0 Å². The van der Waals surface area contributed by atoms with E-state index in [0.29, 0.717) is 12.0 Å². The van der Waals surface area contributed by atoms with Gasteiger partial charge in [-0.3, -0.25) is 0 Å². The highest BCUT2D eigenvalue weighted by Crippen LogP contribution is 2.40. The topological polar surface area (TPSA) is 18.5 Å². The molecular weight excluding hydrogens is 308 g/mol. The van der Waals surface area contributed by atoms with Crippen LogP contribution < -0.4 is 0 Å². The van der Waals surface area contributed by atoms with E-state index in [1.54, 1.807) is 5.57 Å². The zero-order valence-electron chi connectivity index (χ0n) is 16.4. The summed E-state index contributed by atoms with van der Waals surface area (Å²) < 4.78 is 11.1. The lowest BCUT2D eigenvalue weighted by Crippen LogP contribution is -2.18. The molecule has 1 aliphatic heterocycles. The van der Waals surface area contributed by atoms with Gasteiger partial charge in [0.15, 0.2) is 6.29 Å². The van der Waals surface area contributed by atoms with Gasteiger partial charge in [-0.05, 0) is 50.5 Å². The maximum absolute atomic E-state index is 5.65. The first kappa shape index (κ1) is 19.9. The lowest BCUT2D eigenvalue weighted by molar-refractivity contribution is -0.101. The predicted molar refractivity (Wildman–Crippen MR) is 106 cm³/mol. The summed E-state index contributed by atoms with van der Waals surface area (Å²) in [7, 11) is 0. The van der Waals surface area contributed by atoms with Crippen molar-refractivity contribution in [3.63, 3.8) is 0 Å². The molecule has 0 radical (unpaired) electrons.